The molecule has 24 heavy (non-hydrogen) atoms. The van der Waals surface area contributed by atoms with Crippen molar-refractivity contribution in [1.29, 1.82) is 0 Å². The predicted molar refractivity (Wildman–Crippen MR) is 105 cm³/mol. The van der Waals surface area contributed by atoms with Gasteiger partial charge in [0.1, 0.15) is 12.4 Å². The van der Waals surface area contributed by atoms with Crippen molar-refractivity contribution in [1.82, 2.24) is 4.57 Å². The number of hydrogen-bond donors (Lipinski definition) is 0. The van der Waals surface area contributed by atoms with Gasteiger partial charge in [-0.1, -0.05) is 78.1 Å². The third-order valence-corrected chi connectivity index (χ3v) is 5.26. The molecule has 0 N–H and O–H groups in total. The molecule has 0 unspecified atom stereocenters. The summed E-state index contributed by atoms with van der Waals surface area (Å²) < 4.78 is 4.90. The summed E-state index contributed by atoms with van der Waals surface area (Å²) in [6.45, 7) is 9.25. The molecule has 0 atom stereocenters. The van der Waals surface area contributed by atoms with Crippen LogP contribution in [0.1, 0.15) is 110 Å². The van der Waals surface area contributed by atoms with Crippen molar-refractivity contribution >= 4 is 0 Å². The number of unbranched alkanes of at least 4 members (excludes halogenated alkanes) is 12. The second-order valence-electron chi connectivity index (χ2n) is 7.47. The molecule has 0 fully saturated rings. The van der Waals surface area contributed by atoms with E-state index in [1.165, 1.54) is 109 Å². The van der Waals surface area contributed by atoms with Crippen LogP contribution < -0.4 is 4.57 Å². The monoisotopic (exact) mass is 335 g/mol. The lowest BCUT2D eigenvalue weighted by molar-refractivity contribution is -0.702. The average molecular weight is 336 g/mol. The molecule has 1 rings (SSSR count). The summed E-state index contributed by atoms with van der Waals surface area (Å²) in [6, 6.07) is 0. The summed E-state index contributed by atoms with van der Waals surface area (Å²) in [5.41, 5.74) is 0. The molecule has 0 saturated heterocycles. The van der Waals surface area contributed by atoms with Gasteiger partial charge >= 0.3 is 0 Å². The zero-order valence-electron chi connectivity index (χ0n) is 16.9. The molecule has 0 amide bonds. The van der Waals surface area contributed by atoms with Crippen LogP contribution in [0, 0.1) is 6.92 Å². The third kappa shape index (κ3) is 9.49. The van der Waals surface area contributed by atoms with Crippen molar-refractivity contribution in [3.8, 4) is 0 Å². The second-order valence-corrected chi connectivity index (χ2v) is 7.47. The van der Waals surface area contributed by atoms with Gasteiger partial charge < -0.3 is 0 Å². The van der Waals surface area contributed by atoms with Gasteiger partial charge in [0.2, 0.25) is 0 Å². The van der Waals surface area contributed by atoms with E-state index in [1.807, 2.05) is 0 Å². The van der Waals surface area contributed by atoms with Crippen molar-refractivity contribution in [2.45, 2.75) is 124 Å². The normalized spacial score (nSPS) is 11.3. The van der Waals surface area contributed by atoms with Crippen LogP contribution in [0.25, 0.3) is 0 Å². The zero-order valence-corrected chi connectivity index (χ0v) is 16.9. The van der Waals surface area contributed by atoms with Crippen LogP contribution >= 0.6 is 0 Å². The average Bonchev–Trinajstić information content (AvgIpc) is 2.93. The second kappa shape index (κ2) is 14.5. The highest BCUT2D eigenvalue weighted by atomic mass is 15.1. The first-order chi connectivity index (χ1) is 11.8. The van der Waals surface area contributed by atoms with Crippen molar-refractivity contribution < 1.29 is 4.57 Å². The summed E-state index contributed by atoms with van der Waals surface area (Å²) in [6.07, 6.45) is 24.1. The smallest absolute Gasteiger partial charge is 0.234 e. The molecule has 0 aliphatic carbocycles. The van der Waals surface area contributed by atoms with E-state index in [4.69, 9.17) is 0 Å². The van der Waals surface area contributed by atoms with E-state index in [9.17, 15) is 0 Å². The van der Waals surface area contributed by atoms with E-state index in [-0.39, 0.29) is 0 Å². The number of imidazole rings is 1. The SMILES string of the molecule is CCCCCCCCCCC[n+]1ccn(CCCCCCC)c1C. The summed E-state index contributed by atoms with van der Waals surface area (Å²) in [4.78, 5) is 0. The molecule has 0 aromatic carbocycles. The maximum absolute atomic E-state index is 2.45. The van der Waals surface area contributed by atoms with Gasteiger partial charge in [0, 0.05) is 6.92 Å². The first-order valence-electron chi connectivity index (χ1n) is 10.8. The lowest BCUT2D eigenvalue weighted by atomic mass is 10.1. The van der Waals surface area contributed by atoms with Crippen LogP contribution in [-0.4, -0.2) is 4.57 Å². The van der Waals surface area contributed by atoms with Crippen molar-refractivity contribution in [2.75, 3.05) is 0 Å². The van der Waals surface area contributed by atoms with Crippen LogP contribution in [0.2, 0.25) is 0 Å². The first-order valence-corrected chi connectivity index (χ1v) is 10.8. The molecule has 0 spiro atoms. The van der Waals surface area contributed by atoms with E-state index in [2.05, 4.69) is 42.3 Å². The quantitative estimate of drug-likeness (QED) is 0.238. The van der Waals surface area contributed by atoms with Crippen LogP contribution in [0.3, 0.4) is 0 Å². The number of hydrogen-bond acceptors (Lipinski definition) is 0. The molecule has 1 aromatic rings. The van der Waals surface area contributed by atoms with Crippen LogP contribution in [0.5, 0.6) is 0 Å². The number of aryl methyl sites for hydroxylation is 2. The van der Waals surface area contributed by atoms with E-state index >= 15 is 0 Å². The molecular weight excluding hydrogens is 292 g/mol. The molecule has 0 bridgehead atoms. The predicted octanol–water partition coefficient (Wildman–Crippen LogP) is 6.59. The minimum absolute atomic E-state index is 1.19. The Labute approximate surface area is 151 Å². The van der Waals surface area contributed by atoms with Gasteiger partial charge in [-0.25, -0.2) is 9.13 Å². The lowest BCUT2D eigenvalue weighted by Gasteiger charge is -2.03. The third-order valence-electron chi connectivity index (χ3n) is 5.26. The maximum atomic E-state index is 2.45. The van der Waals surface area contributed by atoms with E-state index in [0.717, 1.165) is 0 Å². The van der Waals surface area contributed by atoms with Gasteiger partial charge in [0.25, 0.3) is 5.82 Å². The maximum Gasteiger partial charge on any atom is 0.253 e. The Morgan fingerprint density at radius 1 is 0.708 bits per heavy atom. The Kier molecular flexibility index (Phi) is 12.9. The Morgan fingerprint density at radius 2 is 1.21 bits per heavy atom. The highest BCUT2D eigenvalue weighted by molar-refractivity contribution is 4.79. The van der Waals surface area contributed by atoms with Gasteiger partial charge in [0.05, 0.1) is 13.1 Å². The number of rotatable bonds is 16. The molecule has 0 saturated carbocycles. The molecule has 0 aliphatic rings. The fraction of sp³-hybridized carbons (Fsp3) is 0.864. The fourth-order valence-electron chi connectivity index (χ4n) is 3.49. The zero-order chi connectivity index (χ0) is 17.5. The molecule has 0 aliphatic heterocycles. The van der Waals surface area contributed by atoms with E-state index in [1.54, 1.807) is 0 Å². The summed E-state index contributed by atoms with van der Waals surface area (Å²) in [5, 5.41) is 0. The molecule has 140 valence electrons. The van der Waals surface area contributed by atoms with E-state index < -0.39 is 0 Å². The molecule has 0 radical (unpaired) electrons. The Bertz CT molecular complexity index is 395. The lowest BCUT2D eigenvalue weighted by Crippen LogP contribution is -2.35. The Balaban J connectivity index is 2.07. The van der Waals surface area contributed by atoms with Crippen molar-refractivity contribution in [3.05, 3.63) is 18.2 Å². The van der Waals surface area contributed by atoms with Gasteiger partial charge in [0.15, 0.2) is 0 Å². The largest absolute Gasteiger partial charge is 0.253 e. The van der Waals surface area contributed by atoms with Gasteiger partial charge in [-0.3, -0.25) is 0 Å². The summed E-state index contributed by atoms with van der Waals surface area (Å²) in [5.74, 6) is 1.44. The van der Waals surface area contributed by atoms with Gasteiger partial charge in [-0.15, -0.1) is 0 Å². The van der Waals surface area contributed by atoms with Crippen LogP contribution in [0.4, 0.5) is 0 Å². The topological polar surface area (TPSA) is 8.81 Å². The Hall–Kier alpha value is -0.790. The number of nitrogens with zero attached hydrogens (tertiary/aromatic N) is 2. The highest BCUT2D eigenvalue weighted by Gasteiger charge is 2.11. The minimum Gasteiger partial charge on any atom is -0.234 e. The molecule has 2 nitrogen and oxygen atoms in total. The standard InChI is InChI=1S/C22H43N2/c1-4-6-8-10-11-12-13-15-17-19-24-21-20-23(22(24)3)18-16-14-9-7-5-2/h20-21H,4-19H2,1-3H3/q+1. The minimum atomic E-state index is 1.19. The Morgan fingerprint density at radius 3 is 1.79 bits per heavy atom. The highest BCUT2D eigenvalue weighted by Crippen LogP contribution is 2.10. The summed E-state index contributed by atoms with van der Waals surface area (Å²) >= 11 is 0. The summed E-state index contributed by atoms with van der Waals surface area (Å²) in [7, 11) is 0. The van der Waals surface area contributed by atoms with Crippen molar-refractivity contribution in [2.24, 2.45) is 0 Å². The van der Waals surface area contributed by atoms with Crippen LogP contribution in [-0.2, 0) is 13.1 Å². The van der Waals surface area contributed by atoms with Gasteiger partial charge in [-0.2, -0.15) is 0 Å². The van der Waals surface area contributed by atoms with Gasteiger partial charge in [-0.05, 0) is 25.7 Å². The molecule has 2 heteroatoms. The first kappa shape index (κ1) is 21.3. The van der Waals surface area contributed by atoms with Crippen molar-refractivity contribution in [3.63, 3.8) is 0 Å². The molecule has 1 aromatic heterocycles. The molecule has 1 heterocycles. The van der Waals surface area contributed by atoms with E-state index in [0.29, 0.717) is 0 Å². The molecular formula is C22H43N2+. The fourth-order valence-corrected chi connectivity index (χ4v) is 3.49. The number of aromatic nitrogens is 2. The van der Waals surface area contributed by atoms with Crippen LogP contribution in [0.15, 0.2) is 12.4 Å².